The van der Waals surface area contributed by atoms with E-state index < -0.39 is 6.10 Å². The Morgan fingerprint density at radius 3 is 2.53 bits per heavy atom. The first kappa shape index (κ1) is 14.0. The lowest BCUT2D eigenvalue weighted by Crippen LogP contribution is -2.51. The van der Waals surface area contributed by atoms with Gasteiger partial charge in [0.1, 0.15) is 0 Å². The molecule has 3 atom stereocenters. The van der Waals surface area contributed by atoms with E-state index in [1.54, 1.807) is 6.34 Å². The summed E-state index contributed by atoms with van der Waals surface area (Å²) < 4.78 is 0. The Kier molecular flexibility index (Phi) is 3.82. The van der Waals surface area contributed by atoms with Crippen molar-refractivity contribution in [2.75, 3.05) is 6.54 Å². The first-order valence-corrected chi connectivity index (χ1v) is 6.00. The summed E-state index contributed by atoms with van der Waals surface area (Å²) in [6, 6.07) is 0.00664. The van der Waals surface area contributed by atoms with Crippen molar-refractivity contribution in [3.63, 3.8) is 0 Å². The largest absolute Gasteiger partial charge is 0.391 e. The van der Waals surface area contributed by atoms with E-state index in [9.17, 15) is 5.11 Å². The monoisotopic (exact) mass is 236 g/mol. The molecule has 96 valence electrons. The van der Waals surface area contributed by atoms with Gasteiger partial charge in [0.05, 0.1) is 24.0 Å². The molecule has 0 aromatic heterocycles. The Labute approximate surface area is 105 Å². The van der Waals surface area contributed by atoms with Gasteiger partial charge in [0, 0.05) is 6.54 Å². The van der Waals surface area contributed by atoms with Crippen molar-refractivity contribution >= 4 is 6.34 Å². The summed E-state index contributed by atoms with van der Waals surface area (Å²) in [5.74, 6) is 0. The molecule has 3 nitrogen and oxygen atoms in total. The zero-order valence-corrected chi connectivity index (χ0v) is 11.3. The normalized spacial score (nSPS) is 30.4. The molecule has 0 amide bonds. The molecule has 0 radical (unpaired) electrons. The molecule has 1 aliphatic heterocycles. The van der Waals surface area contributed by atoms with E-state index in [1.807, 2.05) is 37.8 Å². The maximum Gasteiger partial charge on any atom is 0.0960 e. The quantitative estimate of drug-likeness (QED) is 0.760. The fourth-order valence-electron chi connectivity index (χ4n) is 1.84. The van der Waals surface area contributed by atoms with Crippen LogP contribution in [0, 0.1) is 5.41 Å². The highest BCUT2D eigenvalue weighted by atomic mass is 16.3. The van der Waals surface area contributed by atoms with Crippen LogP contribution >= 0.6 is 0 Å². The zero-order chi connectivity index (χ0) is 13.3. The number of rotatable bonds is 4. The van der Waals surface area contributed by atoms with Crippen LogP contribution in [0.3, 0.4) is 0 Å². The molecule has 3 heteroatoms. The maximum absolute atomic E-state index is 10.2. The standard InChI is InChI=1S/C14H24N2O/c1-7-11-14(6,8-2)16(10-15-11)9-12(17)13(3,4)5/h7-8,10-12,17H,1-2,9H2,3-6H3. The van der Waals surface area contributed by atoms with Crippen molar-refractivity contribution < 1.29 is 5.11 Å². The molecule has 1 N–H and O–H groups in total. The number of β-amino-alcohol motifs (C(OH)–C–C–N with tert-alkyl or cyclic N) is 1. The molecule has 17 heavy (non-hydrogen) atoms. The van der Waals surface area contributed by atoms with Gasteiger partial charge < -0.3 is 10.0 Å². The van der Waals surface area contributed by atoms with E-state index >= 15 is 0 Å². The predicted octanol–water partition coefficient (Wildman–Crippen LogP) is 2.24. The lowest BCUT2D eigenvalue weighted by Gasteiger charge is -2.39. The number of hydrogen-bond donors (Lipinski definition) is 1. The SMILES string of the molecule is C=CC1N=CN(CC(O)C(C)(C)C)C1(C)C=C. The Hall–Kier alpha value is -1.09. The fourth-order valence-corrected chi connectivity index (χ4v) is 1.84. The Morgan fingerprint density at radius 1 is 1.53 bits per heavy atom. The van der Waals surface area contributed by atoms with Crippen molar-refractivity contribution in [1.82, 2.24) is 4.90 Å². The minimum atomic E-state index is -0.406. The molecular formula is C14H24N2O. The van der Waals surface area contributed by atoms with Crippen LogP contribution in [0.25, 0.3) is 0 Å². The van der Waals surface area contributed by atoms with Crippen LogP contribution in [0.2, 0.25) is 0 Å². The third kappa shape index (κ3) is 2.60. The molecule has 0 saturated heterocycles. The van der Waals surface area contributed by atoms with Crippen molar-refractivity contribution in [1.29, 1.82) is 0 Å². The fraction of sp³-hybridized carbons (Fsp3) is 0.643. The summed E-state index contributed by atoms with van der Waals surface area (Å²) in [6.07, 6.45) is 5.09. The van der Waals surface area contributed by atoms with Crippen LogP contribution in [-0.4, -0.2) is 40.6 Å². The highest BCUT2D eigenvalue weighted by Gasteiger charge is 2.40. The molecule has 1 rings (SSSR count). The molecular weight excluding hydrogens is 212 g/mol. The van der Waals surface area contributed by atoms with Gasteiger partial charge in [0.2, 0.25) is 0 Å². The average Bonchev–Trinajstić information content (AvgIpc) is 2.55. The smallest absolute Gasteiger partial charge is 0.0960 e. The lowest BCUT2D eigenvalue weighted by molar-refractivity contribution is 0.0328. The Balaban J connectivity index is 2.83. The van der Waals surface area contributed by atoms with Gasteiger partial charge in [-0.25, -0.2) is 0 Å². The van der Waals surface area contributed by atoms with Crippen LogP contribution in [0.5, 0.6) is 0 Å². The summed E-state index contributed by atoms with van der Waals surface area (Å²) in [7, 11) is 0. The van der Waals surface area contributed by atoms with Crippen LogP contribution in [0.4, 0.5) is 0 Å². The summed E-state index contributed by atoms with van der Waals surface area (Å²) in [4.78, 5) is 6.44. The molecule has 0 bridgehead atoms. The van der Waals surface area contributed by atoms with Crippen LogP contribution < -0.4 is 0 Å². The molecule has 0 aromatic rings. The van der Waals surface area contributed by atoms with Crippen LogP contribution in [-0.2, 0) is 0 Å². The minimum absolute atomic E-state index is 0.00664. The number of aliphatic imine (C=N–C) groups is 1. The Bertz CT molecular complexity index is 330. The van der Waals surface area contributed by atoms with E-state index in [0.717, 1.165) is 0 Å². The molecule has 0 saturated carbocycles. The second-order valence-corrected chi connectivity index (χ2v) is 5.91. The third-order valence-corrected chi connectivity index (χ3v) is 3.59. The molecule has 0 aliphatic carbocycles. The summed E-state index contributed by atoms with van der Waals surface area (Å²) in [5, 5.41) is 10.2. The first-order valence-electron chi connectivity index (χ1n) is 6.00. The van der Waals surface area contributed by atoms with Gasteiger partial charge in [-0.05, 0) is 12.3 Å². The molecule has 0 aromatic carbocycles. The number of hydrogen-bond acceptors (Lipinski definition) is 3. The molecule has 3 unspecified atom stereocenters. The van der Waals surface area contributed by atoms with Gasteiger partial charge in [0.25, 0.3) is 0 Å². The van der Waals surface area contributed by atoms with Gasteiger partial charge in [-0.1, -0.05) is 32.9 Å². The van der Waals surface area contributed by atoms with Crippen molar-refractivity contribution in [3.8, 4) is 0 Å². The van der Waals surface area contributed by atoms with Crippen molar-refractivity contribution in [2.45, 2.75) is 45.4 Å². The second-order valence-electron chi connectivity index (χ2n) is 5.91. The van der Waals surface area contributed by atoms with Crippen molar-refractivity contribution in [3.05, 3.63) is 25.3 Å². The van der Waals surface area contributed by atoms with E-state index in [0.29, 0.717) is 6.54 Å². The average molecular weight is 236 g/mol. The van der Waals surface area contributed by atoms with Gasteiger partial charge in [0.15, 0.2) is 0 Å². The molecule has 1 aliphatic rings. The van der Waals surface area contributed by atoms with Gasteiger partial charge in [-0.3, -0.25) is 4.99 Å². The number of aliphatic hydroxyl groups excluding tert-OH is 1. The maximum atomic E-state index is 10.2. The van der Waals surface area contributed by atoms with Gasteiger partial charge in [-0.15, -0.1) is 13.2 Å². The number of aliphatic hydroxyl groups is 1. The van der Waals surface area contributed by atoms with E-state index in [1.165, 1.54) is 0 Å². The highest BCUT2D eigenvalue weighted by molar-refractivity contribution is 5.62. The summed E-state index contributed by atoms with van der Waals surface area (Å²) in [6.45, 7) is 16.4. The lowest BCUT2D eigenvalue weighted by atomic mass is 9.86. The van der Waals surface area contributed by atoms with Gasteiger partial charge >= 0.3 is 0 Å². The summed E-state index contributed by atoms with van der Waals surface area (Å²) in [5.41, 5.74) is -0.420. The zero-order valence-electron chi connectivity index (χ0n) is 11.3. The number of nitrogens with zero attached hydrogens (tertiary/aromatic N) is 2. The molecule has 1 heterocycles. The minimum Gasteiger partial charge on any atom is -0.391 e. The van der Waals surface area contributed by atoms with Gasteiger partial charge in [-0.2, -0.15) is 0 Å². The molecule has 0 fully saturated rings. The van der Waals surface area contributed by atoms with Crippen LogP contribution in [0.1, 0.15) is 27.7 Å². The molecule has 0 spiro atoms. The topological polar surface area (TPSA) is 35.8 Å². The van der Waals surface area contributed by atoms with Crippen molar-refractivity contribution in [2.24, 2.45) is 10.4 Å². The van der Waals surface area contributed by atoms with E-state index in [2.05, 4.69) is 25.1 Å². The third-order valence-electron chi connectivity index (χ3n) is 3.59. The summed E-state index contributed by atoms with van der Waals surface area (Å²) >= 11 is 0. The highest BCUT2D eigenvalue weighted by Crippen LogP contribution is 2.30. The first-order chi connectivity index (χ1) is 7.75. The van der Waals surface area contributed by atoms with Crippen LogP contribution in [0.15, 0.2) is 30.3 Å². The second kappa shape index (κ2) is 4.65. The Morgan fingerprint density at radius 2 is 2.12 bits per heavy atom. The predicted molar refractivity (Wildman–Crippen MR) is 73.2 cm³/mol. The van der Waals surface area contributed by atoms with E-state index in [-0.39, 0.29) is 17.0 Å². The van der Waals surface area contributed by atoms with E-state index in [4.69, 9.17) is 0 Å².